The molecule has 0 spiro atoms. The maximum atomic E-state index is 14.2. The van der Waals surface area contributed by atoms with Crippen LogP contribution in [0.4, 0.5) is 4.39 Å². The monoisotopic (exact) mass is 342 g/mol. The van der Waals surface area contributed by atoms with E-state index in [0.29, 0.717) is 11.3 Å². The third-order valence-electron chi connectivity index (χ3n) is 3.43. The minimum atomic E-state index is -1.26. The number of ketones is 1. The molecule has 0 atom stereocenters. The fourth-order valence-electron chi connectivity index (χ4n) is 2.13. The van der Waals surface area contributed by atoms with Gasteiger partial charge in [0.25, 0.3) is 0 Å². The number of hydrogen-bond donors (Lipinski definition) is 1. The Morgan fingerprint density at radius 1 is 1.20 bits per heavy atom. The van der Waals surface area contributed by atoms with E-state index in [0.717, 1.165) is 6.07 Å². The van der Waals surface area contributed by atoms with E-state index in [2.05, 4.69) is 24.6 Å². The number of carbonyl (C=O) groups excluding carboxylic acids is 1. The average molecular weight is 342 g/mol. The number of pyridine rings is 1. The molecule has 3 rings (SSSR count). The molecule has 0 aromatic carbocycles. The molecular formula is C16H11FN4O4. The highest BCUT2D eigenvalue weighted by molar-refractivity contribution is 5.94. The van der Waals surface area contributed by atoms with Crippen molar-refractivity contribution in [1.29, 1.82) is 0 Å². The predicted molar refractivity (Wildman–Crippen MR) is 82.4 cm³/mol. The molecule has 0 aliphatic heterocycles. The van der Waals surface area contributed by atoms with Gasteiger partial charge in [-0.25, -0.2) is 19.2 Å². The number of carboxylic acids is 1. The molecule has 3 aromatic rings. The Labute approximate surface area is 140 Å². The lowest BCUT2D eigenvalue weighted by atomic mass is 10.1. The van der Waals surface area contributed by atoms with Gasteiger partial charge >= 0.3 is 5.97 Å². The second kappa shape index (κ2) is 6.19. The van der Waals surface area contributed by atoms with Crippen molar-refractivity contribution in [2.75, 3.05) is 0 Å². The first-order chi connectivity index (χ1) is 11.9. The van der Waals surface area contributed by atoms with E-state index in [1.165, 1.54) is 25.4 Å². The number of halogens is 1. The molecule has 8 nitrogen and oxygen atoms in total. The second-order valence-electron chi connectivity index (χ2n) is 5.18. The predicted octanol–water partition coefficient (Wildman–Crippen LogP) is 2.54. The van der Waals surface area contributed by atoms with Gasteiger partial charge in [0, 0.05) is 29.6 Å². The maximum absolute atomic E-state index is 14.2. The maximum Gasteiger partial charge on any atom is 0.374 e. The molecule has 0 amide bonds. The summed E-state index contributed by atoms with van der Waals surface area (Å²) in [6.07, 6.45) is 2.64. The first-order valence-corrected chi connectivity index (χ1v) is 7.07. The Morgan fingerprint density at radius 2 is 1.96 bits per heavy atom. The topological polar surface area (TPSA) is 119 Å². The van der Waals surface area contributed by atoms with Crippen LogP contribution in [0.1, 0.15) is 33.5 Å². The molecule has 1 N–H and O–H groups in total. The van der Waals surface area contributed by atoms with E-state index in [-0.39, 0.29) is 34.3 Å². The van der Waals surface area contributed by atoms with E-state index in [1.807, 2.05) is 0 Å². The first kappa shape index (κ1) is 16.4. The summed E-state index contributed by atoms with van der Waals surface area (Å²) in [5.74, 6) is -2.42. The molecule has 0 unspecified atom stereocenters. The van der Waals surface area contributed by atoms with Crippen LogP contribution in [-0.2, 0) is 0 Å². The molecule has 25 heavy (non-hydrogen) atoms. The zero-order valence-corrected chi connectivity index (χ0v) is 13.1. The highest BCUT2D eigenvalue weighted by atomic mass is 19.1. The number of carboxylic acid groups (broad SMARTS) is 1. The van der Waals surface area contributed by atoms with Crippen molar-refractivity contribution >= 4 is 11.8 Å². The van der Waals surface area contributed by atoms with Crippen LogP contribution in [0.25, 0.3) is 22.8 Å². The normalized spacial score (nSPS) is 10.7. The van der Waals surface area contributed by atoms with Gasteiger partial charge < -0.3 is 9.63 Å². The Bertz CT molecular complexity index is 1000. The van der Waals surface area contributed by atoms with Crippen LogP contribution in [0.5, 0.6) is 0 Å². The molecule has 0 saturated heterocycles. The molecule has 0 radical (unpaired) electrons. The fourth-order valence-corrected chi connectivity index (χ4v) is 2.13. The number of carbonyl (C=O) groups is 2. The average Bonchev–Trinajstić information content (AvgIpc) is 3.05. The highest BCUT2D eigenvalue weighted by Crippen LogP contribution is 2.25. The van der Waals surface area contributed by atoms with Crippen molar-refractivity contribution in [2.24, 2.45) is 0 Å². The van der Waals surface area contributed by atoms with Gasteiger partial charge in [-0.3, -0.25) is 9.78 Å². The molecule has 126 valence electrons. The van der Waals surface area contributed by atoms with Crippen molar-refractivity contribution < 1.29 is 23.6 Å². The number of rotatable bonds is 4. The van der Waals surface area contributed by atoms with Crippen molar-refractivity contribution in [3.8, 4) is 22.8 Å². The number of aromatic carboxylic acids is 1. The van der Waals surface area contributed by atoms with E-state index in [9.17, 15) is 14.0 Å². The molecule has 0 aliphatic rings. The van der Waals surface area contributed by atoms with E-state index in [4.69, 9.17) is 5.11 Å². The zero-order valence-electron chi connectivity index (χ0n) is 13.1. The van der Waals surface area contributed by atoms with E-state index in [1.54, 1.807) is 6.92 Å². The molecule has 0 aliphatic carbocycles. The van der Waals surface area contributed by atoms with Crippen LogP contribution in [0.3, 0.4) is 0 Å². The van der Waals surface area contributed by atoms with Crippen LogP contribution >= 0.6 is 0 Å². The lowest BCUT2D eigenvalue weighted by Gasteiger charge is -2.07. The van der Waals surface area contributed by atoms with Crippen LogP contribution in [0, 0.1) is 12.7 Å². The van der Waals surface area contributed by atoms with Crippen molar-refractivity contribution in [1.82, 2.24) is 20.1 Å². The number of Topliss-reactive ketones (excluding diaryl/α,β-unsaturated/α-hetero) is 1. The standard InChI is InChI=1S/C16H11FN4O4/c1-7-10(14-11(17)3-9(5-18-14)8(2)22)6-19-15(20-7)12-4-13(16(23)24)25-21-12/h3-6H,1-2H3,(H,23,24). The Hall–Kier alpha value is -3.49. The Kier molecular flexibility index (Phi) is 4.05. The van der Waals surface area contributed by atoms with E-state index >= 15 is 0 Å². The van der Waals surface area contributed by atoms with E-state index < -0.39 is 11.8 Å². The molecule has 0 fully saturated rings. The van der Waals surface area contributed by atoms with Gasteiger partial charge in [0.2, 0.25) is 5.76 Å². The van der Waals surface area contributed by atoms with Gasteiger partial charge in [0.1, 0.15) is 11.5 Å². The highest BCUT2D eigenvalue weighted by Gasteiger charge is 2.17. The van der Waals surface area contributed by atoms with Crippen LogP contribution in [-0.4, -0.2) is 37.0 Å². The number of hydrogen-bond acceptors (Lipinski definition) is 7. The van der Waals surface area contributed by atoms with Gasteiger partial charge in [-0.1, -0.05) is 5.16 Å². The summed E-state index contributed by atoms with van der Waals surface area (Å²) in [6, 6.07) is 2.30. The van der Waals surface area contributed by atoms with Gasteiger partial charge in [-0.05, 0) is 19.9 Å². The van der Waals surface area contributed by atoms with Gasteiger partial charge in [-0.15, -0.1) is 0 Å². The minimum Gasteiger partial charge on any atom is -0.475 e. The summed E-state index contributed by atoms with van der Waals surface area (Å²) in [4.78, 5) is 34.3. The van der Waals surface area contributed by atoms with Crippen LogP contribution in [0.2, 0.25) is 0 Å². The van der Waals surface area contributed by atoms with Crippen molar-refractivity contribution in [2.45, 2.75) is 13.8 Å². The lowest BCUT2D eigenvalue weighted by Crippen LogP contribution is -2.01. The number of aromatic nitrogens is 4. The van der Waals surface area contributed by atoms with Gasteiger partial charge in [0.05, 0.1) is 5.69 Å². The van der Waals surface area contributed by atoms with Crippen LogP contribution < -0.4 is 0 Å². The first-order valence-electron chi connectivity index (χ1n) is 7.07. The van der Waals surface area contributed by atoms with Gasteiger partial charge in [-0.2, -0.15) is 0 Å². The largest absolute Gasteiger partial charge is 0.475 e. The fraction of sp³-hybridized carbons (Fsp3) is 0.125. The molecule has 3 heterocycles. The molecule has 0 saturated carbocycles. The Balaban J connectivity index is 1.99. The number of nitrogens with zero attached hydrogens (tertiary/aromatic N) is 4. The molecular weight excluding hydrogens is 331 g/mol. The third kappa shape index (κ3) is 3.11. The summed E-state index contributed by atoms with van der Waals surface area (Å²) in [5, 5.41) is 12.4. The van der Waals surface area contributed by atoms with Gasteiger partial charge in [0.15, 0.2) is 17.3 Å². The van der Waals surface area contributed by atoms with Crippen molar-refractivity contribution in [3.05, 3.63) is 47.4 Å². The second-order valence-corrected chi connectivity index (χ2v) is 5.18. The van der Waals surface area contributed by atoms with Crippen molar-refractivity contribution in [3.63, 3.8) is 0 Å². The smallest absolute Gasteiger partial charge is 0.374 e. The van der Waals surface area contributed by atoms with Crippen LogP contribution in [0.15, 0.2) is 29.0 Å². The number of aryl methyl sites for hydroxylation is 1. The summed E-state index contributed by atoms with van der Waals surface area (Å²) in [6.45, 7) is 2.95. The Morgan fingerprint density at radius 3 is 2.52 bits per heavy atom. The summed E-state index contributed by atoms with van der Waals surface area (Å²) in [7, 11) is 0. The lowest BCUT2D eigenvalue weighted by molar-refractivity contribution is 0.0652. The third-order valence-corrected chi connectivity index (χ3v) is 3.43. The molecule has 0 bridgehead atoms. The zero-order chi connectivity index (χ0) is 18.1. The molecule has 3 aromatic heterocycles. The minimum absolute atomic E-state index is 0.0143. The SMILES string of the molecule is CC(=O)c1cnc(-c2cnc(-c3cc(C(=O)O)on3)nc2C)c(F)c1. The molecule has 9 heteroatoms. The quantitative estimate of drug-likeness (QED) is 0.718. The summed E-state index contributed by atoms with van der Waals surface area (Å²) < 4.78 is 18.9. The summed E-state index contributed by atoms with van der Waals surface area (Å²) >= 11 is 0. The summed E-state index contributed by atoms with van der Waals surface area (Å²) in [5.41, 5.74) is 1.08.